The van der Waals surface area contributed by atoms with Gasteiger partial charge in [0.1, 0.15) is 5.75 Å². The highest BCUT2D eigenvalue weighted by Crippen LogP contribution is 2.27. The molecule has 2 heteroatoms. The van der Waals surface area contributed by atoms with E-state index >= 15 is 0 Å². The zero-order chi connectivity index (χ0) is 10.6. The highest BCUT2D eigenvalue weighted by Gasteiger charge is 2.09. The lowest BCUT2D eigenvalue weighted by Crippen LogP contribution is -2.05. The summed E-state index contributed by atoms with van der Waals surface area (Å²) in [6, 6.07) is 7.43. The summed E-state index contributed by atoms with van der Waals surface area (Å²) in [5, 5.41) is 9.26. The smallest absolute Gasteiger partial charge is 0.116 e. The number of phenols is 1. The van der Waals surface area contributed by atoms with E-state index in [9.17, 15) is 5.11 Å². The average molecular weight is 210 g/mol. The summed E-state index contributed by atoms with van der Waals surface area (Å²) in [5.74, 6) is 1.46. The van der Waals surface area contributed by atoms with E-state index in [1.165, 1.54) is 6.42 Å². The molecule has 0 saturated carbocycles. The molecule has 0 bridgehead atoms. The topological polar surface area (TPSA) is 20.2 Å². The SMILES string of the molecule is CC(C)(C)CCSc1cccc(O)c1. The second-order valence-corrected chi connectivity index (χ2v) is 5.82. The van der Waals surface area contributed by atoms with Crippen molar-refractivity contribution in [3.05, 3.63) is 24.3 Å². The van der Waals surface area contributed by atoms with Gasteiger partial charge < -0.3 is 5.11 Å². The van der Waals surface area contributed by atoms with Crippen LogP contribution in [0.25, 0.3) is 0 Å². The first-order valence-corrected chi connectivity index (χ1v) is 5.88. The van der Waals surface area contributed by atoms with Crippen molar-refractivity contribution in [1.29, 1.82) is 0 Å². The van der Waals surface area contributed by atoms with E-state index in [0.29, 0.717) is 11.2 Å². The Kier molecular flexibility index (Phi) is 3.87. The van der Waals surface area contributed by atoms with Crippen LogP contribution in [0.1, 0.15) is 27.2 Å². The second kappa shape index (κ2) is 4.74. The molecule has 0 aromatic heterocycles. The van der Waals surface area contributed by atoms with Gasteiger partial charge in [-0.1, -0.05) is 26.8 Å². The predicted octanol–water partition coefficient (Wildman–Crippen LogP) is 3.92. The van der Waals surface area contributed by atoms with E-state index in [0.717, 1.165) is 10.6 Å². The lowest BCUT2D eigenvalue weighted by molar-refractivity contribution is 0.401. The Morgan fingerprint density at radius 2 is 2.00 bits per heavy atom. The van der Waals surface area contributed by atoms with E-state index in [1.807, 2.05) is 18.2 Å². The Hall–Kier alpha value is -0.630. The molecule has 0 aliphatic heterocycles. The van der Waals surface area contributed by atoms with Gasteiger partial charge in [0.15, 0.2) is 0 Å². The van der Waals surface area contributed by atoms with Gasteiger partial charge in [0.25, 0.3) is 0 Å². The minimum atomic E-state index is 0.353. The molecule has 1 rings (SSSR count). The molecule has 1 nitrogen and oxygen atoms in total. The number of aromatic hydroxyl groups is 1. The number of phenolic OH excluding ortho intramolecular Hbond substituents is 1. The predicted molar refractivity (Wildman–Crippen MR) is 62.9 cm³/mol. The summed E-state index contributed by atoms with van der Waals surface area (Å²) >= 11 is 1.80. The van der Waals surface area contributed by atoms with Gasteiger partial charge >= 0.3 is 0 Å². The highest BCUT2D eigenvalue weighted by atomic mass is 32.2. The van der Waals surface area contributed by atoms with Crippen LogP contribution >= 0.6 is 11.8 Å². The molecule has 0 fully saturated rings. The summed E-state index contributed by atoms with van der Waals surface area (Å²) in [5.41, 5.74) is 0.393. The summed E-state index contributed by atoms with van der Waals surface area (Å²) < 4.78 is 0. The van der Waals surface area contributed by atoms with E-state index in [2.05, 4.69) is 20.8 Å². The van der Waals surface area contributed by atoms with E-state index in [1.54, 1.807) is 17.8 Å². The Balaban J connectivity index is 2.39. The first-order chi connectivity index (χ1) is 6.47. The summed E-state index contributed by atoms with van der Waals surface area (Å²) in [6.07, 6.45) is 1.19. The van der Waals surface area contributed by atoms with Gasteiger partial charge in [0.2, 0.25) is 0 Å². The first-order valence-electron chi connectivity index (χ1n) is 4.89. The van der Waals surface area contributed by atoms with Gasteiger partial charge in [0.05, 0.1) is 0 Å². The molecule has 0 spiro atoms. The zero-order valence-electron chi connectivity index (χ0n) is 9.08. The maximum Gasteiger partial charge on any atom is 0.116 e. The molecule has 0 atom stereocenters. The van der Waals surface area contributed by atoms with Gasteiger partial charge in [0, 0.05) is 4.90 Å². The Bertz CT molecular complexity index is 289. The third kappa shape index (κ3) is 4.56. The molecule has 0 amide bonds. The van der Waals surface area contributed by atoms with E-state index in [-0.39, 0.29) is 0 Å². The van der Waals surface area contributed by atoms with Gasteiger partial charge in [-0.15, -0.1) is 11.8 Å². The van der Waals surface area contributed by atoms with Crippen molar-refractivity contribution in [2.45, 2.75) is 32.1 Å². The first kappa shape index (κ1) is 11.4. The van der Waals surface area contributed by atoms with Crippen molar-refractivity contribution < 1.29 is 5.11 Å². The van der Waals surface area contributed by atoms with Gasteiger partial charge in [-0.3, -0.25) is 0 Å². The summed E-state index contributed by atoms with van der Waals surface area (Å²) in [4.78, 5) is 1.15. The summed E-state index contributed by atoms with van der Waals surface area (Å²) in [7, 11) is 0. The molecular formula is C12H18OS. The minimum absolute atomic E-state index is 0.353. The lowest BCUT2D eigenvalue weighted by Gasteiger charge is -2.17. The average Bonchev–Trinajstić information content (AvgIpc) is 2.01. The minimum Gasteiger partial charge on any atom is -0.508 e. The zero-order valence-corrected chi connectivity index (χ0v) is 9.90. The number of hydrogen-bond donors (Lipinski definition) is 1. The molecule has 14 heavy (non-hydrogen) atoms. The van der Waals surface area contributed by atoms with Crippen LogP contribution in [0.3, 0.4) is 0 Å². The maximum atomic E-state index is 9.26. The van der Waals surface area contributed by atoms with Crippen molar-refractivity contribution in [1.82, 2.24) is 0 Å². The van der Waals surface area contributed by atoms with Crippen LogP contribution in [-0.2, 0) is 0 Å². The van der Waals surface area contributed by atoms with Crippen LogP contribution in [0.15, 0.2) is 29.2 Å². The van der Waals surface area contributed by atoms with Crippen LogP contribution in [-0.4, -0.2) is 10.9 Å². The normalized spacial score (nSPS) is 11.6. The second-order valence-electron chi connectivity index (χ2n) is 4.66. The van der Waals surface area contributed by atoms with Gasteiger partial charge in [-0.05, 0) is 35.8 Å². The van der Waals surface area contributed by atoms with Crippen molar-refractivity contribution in [3.63, 3.8) is 0 Å². The molecule has 0 heterocycles. The Labute approximate surface area is 90.5 Å². The molecular weight excluding hydrogens is 192 g/mol. The number of thioether (sulfide) groups is 1. The molecule has 1 aromatic rings. The number of rotatable bonds is 3. The Morgan fingerprint density at radius 3 is 2.57 bits per heavy atom. The van der Waals surface area contributed by atoms with Crippen molar-refractivity contribution in [3.8, 4) is 5.75 Å². The third-order valence-electron chi connectivity index (χ3n) is 1.94. The van der Waals surface area contributed by atoms with E-state index < -0.39 is 0 Å². The molecule has 0 unspecified atom stereocenters. The standard InChI is InChI=1S/C12H18OS/c1-12(2,3)7-8-14-11-6-4-5-10(13)9-11/h4-6,9,13H,7-8H2,1-3H3. The molecule has 78 valence electrons. The molecule has 0 saturated heterocycles. The van der Waals surface area contributed by atoms with Gasteiger partial charge in [-0.25, -0.2) is 0 Å². The van der Waals surface area contributed by atoms with Crippen LogP contribution in [0.5, 0.6) is 5.75 Å². The van der Waals surface area contributed by atoms with E-state index in [4.69, 9.17) is 0 Å². The highest BCUT2D eigenvalue weighted by molar-refractivity contribution is 7.99. The van der Waals surface area contributed by atoms with Crippen LogP contribution < -0.4 is 0 Å². The fourth-order valence-corrected chi connectivity index (χ4v) is 2.38. The lowest BCUT2D eigenvalue weighted by atomic mass is 9.94. The quantitative estimate of drug-likeness (QED) is 0.763. The number of hydrogen-bond acceptors (Lipinski definition) is 2. The maximum absolute atomic E-state index is 9.26. The van der Waals surface area contributed by atoms with Crippen molar-refractivity contribution >= 4 is 11.8 Å². The molecule has 0 aliphatic rings. The summed E-state index contributed by atoms with van der Waals surface area (Å²) in [6.45, 7) is 6.74. The number of benzene rings is 1. The largest absolute Gasteiger partial charge is 0.508 e. The van der Waals surface area contributed by atoms with Gasteiger partial charge in [-0.2, -0.15) is 0 Å². The van der Waals surface area contributed by atoms with Crippen LogP contribution in [0.4, 0.5) is 0 Å². The monoisotopic (exact) mass is 210 g/mol. The Morgan fingerprint density at radius 1 is 1.29 bits per heavy atom. The fraction of sp³-hybridized carbons (Fsp3) is 0.500. The fourth-order valence-electron chi connectivity index (χ4n) is 1.05. The molecule has 0 radical (unpaired) electrons. The van der Waals surface area contributed by atoms with Crippen LogP contribution in [0.2, 0.25) is 0 Å². The van der Waals surface area contributed by atoms with Crippen molar-refractivity contribution in [2.24, 2.45) is 5.41 Å². The molecule has 1 aromatic carbocycles. The molecule has 1 N–H and O–H groups in total. The van der Waals surface area contributed by atoms with Crippen LogP contribution in [0, 0.1) is 5.41 Å². The third-order valence-corrected chi connectivity index (χ3v) is 2.93. The van der Waals surface area contributed by atoms with Crippen molar-refractivity contribution in [2.75, 3.05) is 5.75 Å². The molecule has 0 aliphatic carbocycles.